The summed E-state index contributed by atoms with van der Waals surface area (Å²) in [6, 6.07) is 10.4. The molecule has 27 heavy (non-hydrogen) atoms. The van der Waals surface area contributed by atoms with Gasteiger partial charge in [0.25, 0.3) is 5.91 Å². The molecule has 0 fully saturated rings. The van der Waals surface area contributed by atoms with Gasteiger partial charge in [0.15, 0.2) is 11.5 Å². The number of carbonyl (C=O) groups is 2. The fourth-order valence-corrected chi connectivity index (χ4v) is 3.94. The van der Waals surface area contributed by atoms with Crippen LogP contribution >= 0.6 is 11.3 Å². The number of thiophene rings is 1. The molecule has 142 valence electrons. The number of carbonyl (C=O) groups excluding carboxylic acids is 2. The number of benzene rings is 1. The van der Waals surface area contributed by atoms with E-state index >= 15 is 0 Å². The second kappa shape index (κ2) is 7.19. The minimum absolute atomic E-state index is 0.133. The Morgan fingerprint density at radius 3 is 2.52 bits per heavy atom. The van der Waals surface area contributed by atoms with Crippen molar-refractivity contribution in [2.45, 2.75) is 33.4 Å². The summed E-state index contributed by atoms with van der Waals surface area (Å²) in [6.07, 6.45) is 0. The van der Waals surface area contributed by atoms with Gasteiger partial charge in [0, 0.05) is 15.9 Å². The molecule has 0 radical (unpaired) electrons. The molecule has 1 aromatic carbocycles. The Hall–Kier alpha value is -2.60. The lowest BCUT2D eigenvalue weighted by atomic mass is 9.82. The van der Waals surface area contributed by atoms with Crippen LogP contribution in [0.2, 0.25) is 0 Å². The topological polar surface area (TPSA) is 66.8 Å². The number of amides is 1. The maximum absolute atomic E-state index is 13.1. The molecule has 2 aromatic rings. The van der Waals surface area contributed by atoms with E-state index < -0.39 is 23.1 Å². The van der Waals surface area contributed by atoms with Gasteiger partial charge in [-0.1, -0.05) is 45.0 Å². The smallest absolute Gasteiger partial charge is 0.290 e. The fraction of sp³-hybridized carbons (Fsp3) is 0.333. The average molecular weight is 385 g/mol. The van der Waals surface area contributed by atoms with Crippen molar-refractivity contribution in [2.24, 2.45) is 5.41 Å². The number of hydrogen-bond donors (Lipinski definition) is 1. The van der Waals surface area contributed by atoms with Gasteiger partial charge < -0.3 is 14.7 Å². The number of methoxy groups -OCH3 is 1. The summed E-state index contributed by atoms with van der Waals surface area (Å²) in [5.74, 6) is -0.687. The molecule has 1 aromatic heterocycles. The van der Waals surface area contributed by atoms with Crippen molar-refractivity contribution in [3.05, 3.63) is 63.6 Å². The minimum atomic E-state index is -0.733. The number of aliphatic hydroxyl groups excluding tert-OH is 1. The lowest BCUT2D eigenvalue weighted by Crippen LogP contribution is -2.32. The second-order valence-electron chi connectivity index (χ2n) is 7.50. The molecule has 6 heteroatoms. The third-order valence-electron chi connectivity index (χ3n) is 4.57. The molecule has 3 rings (SSSR count). The Labute approximate surface area is 162 Å². The standard InChI is InChI=1S/C21H23NO4S/c1-21(2,3)19(24)16-17(14-9-5-6-10-15(14)26-4)22(20(25)18(16)23)12-13-8-7-11-27-13/h5-11,17,23H,12H2,1-4H3. The second-order valence-corrected chi connectivity index (χ2v) is 8.53. The van der Waals surface area contributed by atoms with E-state index in [0.717, 1.165) is 4.88 Å². The largest absolute Gasteiger partial charge is 0.503 e. The van der Waals surface area contributed by atoms with Crippen LogP contribution in [0.4, 0.5) is 0 Å². The van der Waals surface area contributed by atoms with Crippen LogP contribution in [0.1, 0.15) is 37.3 Å². The maximum atomic E-state index is 13.1. The van der Waals surface area contributed by atoms with Crippen LogP contribution in [0.5, 0.6) is 5.75 Å². The predicted octanol–water partition coefficient (Wildman–Crippen LogP) is 4.27. The van der Waals surface area contributed by atoms with Gasteiger partial charge in [-0.15, -0.1) is 11.3 Å². The molecule has 0 aliphatic carbocycles. The normalized spacial score (nSPS) is 17.6. The van der Waals surface area contributed by atoms with Gasteiger partial charge in [0.05, 0.1) is 25.3 Å². The summed E-state index contributed by atoms with van der Waals surface area (Å²) >= 11 is 1.53. The Morgan fingerprint density at radius 1 is 1.22 bits per heavy atom. The predicted molar refractivity (Wildman–Crippen MR) is 105 cm³/mol. The van der Waals surface area contributed by atoms with E-state index in [9.17, 15) is 14.7 Å². The molecule has 5 nitrogen and oxygen atoms in total. The summed E-state index contributed by atoms with van der Waals surface area (Å²) in [5, 5.41) is 12.5. The number of hydrogen-bond acceptors (Lipinski definition) is 5. The highest BCUT2D eigenvalue weighted by Crippen LogP contribution is 2.44. The quantitative estimate of drug-likeness (QED) is 0.835. The van der Waals surface area contributed by atoms with Crippen LogP contribution in [0.3, 0.4) is 0 Å². The Bertz CT molecular complexity index is 893. The lowest BCUT2D eigenvalue weighted by molar-refractivity contribution is -0.130. The Kier molecular flexibility index (Phi) is 5.11. The van der Waals surface area contributed by atoms with Crippen molar-refractivity contribution in [3.63, 3.8) is 0 Å². The van der Waals surface area contributed by atoms with E-state index in [1.807, 2.05) is 35.7 Å². The van der Waals surface area contributed by atoms with E-state index in [1.165, 1.54) is 16.2 Å². The number of nitrogens with zero attached hydrogens (tertiary/aromatic N) is 1. The molecule has 1 unspecified atom stereocenters. The summed E-state index contributed by atoms with van der Waals surface area (Å²) in [4.78, 5) is 28.5. The molecule has 1 aliphatic heterocycles. The highest BCUT2D eigenvalue weighted by Gasteiger charge is 2.46. The zero-order valence-electron chi connectivity index (χ0n) is 15.9. The average Bonchev–Trinajstić information content (AvgIpc) is 3.22. The molecule has 1 aliphatic rings. The van der Waals surface area contributed by atoms with Gasteiger partial charge in [-0.2, -0.15) is 0 Å². The summed E-state index contributed by atoms with van der Waals surface area (Å²) in [5.41, 5.74) is 0.0816. The van der Waals surface area contributed by atoms with Crippen molar-refractivity contribution < 1.29 is 19.4 Å². The van der Waals surface area contributed by atoms with Gasteiger partial charge in [0.2, 0.25) is 0 Å². The number of Topliss-reactive ketones (excluding diaryl/α,β-unsaturated/α-hetero) is 1. The van der Waals surface area contributed by atoms with Crippen LogP contribution in [-0.2, 0) is 16.1 Å². The fourth-order valence-electron chi connectivity index (χ4n) is 3.24. The SMILES string of the molecule is COc1ccccc1C1C(C(=O)C(C)(C)C)=C(O)C(=O)N1Cc1cccs1. The number of para-hydroxylation sites is 1. The van der Waals surface area contributed by atoms with Crippen molar-refractivity contribution >= 4 is 23.0 Å². The lowest BCUT2D eigenvalue weighted by Gasteiger charge is -2.29. The molecule has 0 bridgehead atoms. The molecular weight excluding hydrogens is 362 g/mol. The molecule has 0 saturated heterocycles. The van der Waals surface area contributed by atoms with E-state index in [1.54, 1.807) is 33.9 Å². The molecular formula is C21H23NO4S. The van der Waals surface area contributed by atoms with Gasteiger partial charge in [0.1, 0.15) is 5.75 Å². The van der Waals surface area contributed by atoms with Crippen LogP contribution in [0.15, 0.2) is 53.1 Å². The first-order valence-electron chi connectivity index (χ1n) is 8.70. The highest BCUT2D eigenvalue weighted by atomic mass is 32.1. The first-order chi connectivity index (χ1) is 12.8. The maximum Gasteiger partial charge on any atom is 0.290 e. The van der Waals surface area contributed by atoms with Crippen molar-refractivity contribution in [1.29, 1.82) is 0 Å². The van der Waals surface area contributed by atoms with Gasteiger partial charge in [-0.25, -0.2) is 0 Å². The molecule has 1 amide bonds. The zero-order chi connectivity index (χ0) is 19.8. The summed E-state index contributed by atoms with van der Waals surface area (Å²) < 4.78 is 5.47. The van der Waals surface area contributed by atoms with Crippen molar-refractivity contribution in [2.75, 3.05) is 7.11 Å². The highest BCUT2D eigenvalue weighted by molar-refractivity contribution is 7.09. The van der Waals surface area contributed by atoms with Crippen LogP contribution < -0.4 is 4.74 Å². The monoisotopic (exact) mass is 385 g/mol. The van der Waals surface area contributed by atoms with E-state index in [4.69, 9.17) is 4.74 Å². The molecule has 1 N–H and O–H groups in total. The molecule has 0 spiro atoms. The summed E-state index contributed by atoms with van der Waals surface area (Å²) in [7, 11) is 1.55. The number of ketones is 1. The number of ether oxygens (including phenoxy) is 1. The zero-order valence-corrected chi connectivity index (χ0v) is 16.7. The van der Waals surface area contributed by atoms with Gasteiger partial charge in [-0.05, 0) is 17.5 Å². The first-order valence-corrected chi connectivity index (χ1v) is 9.58. The first kappa shape index (κ1) is 19.2. The number of rotatable bonds is 5. The van der Waals surface area contributed by atoms with Crippen molar-refractivity contribution in [3.8, 4) is 5.75 Å². The molecule has 0 saturated carbocycles. The van der Waals surface area contributed by atoms with Crippen molar-refractivity contribution in [1.82, 2.24) is 4.90 Å². The molecule has 1 atom stereocenters. The summed E-state index contributed by atoms with van der Waals surface area (Å²) in [6.45, 7) is 5.65. The van der Waals surface area contributed by atoms with Gasteiger partial charge in [-0.3, -0.25) is 9.59 Å². The van der Waals surface area contributed by atoms with Gasteiger partial charge >= 0.3 is 0 Å². The van der Waals surface area contributed by atoms with Crippen LogP contribution in [-0.4, -0.2) is 28.8 Å². The minimum Gasteiger partial charge on any atom is -0.503 e. The Balaban J connectivity index is 2.15. The Morgan fingerprint density at radius 2 is 1.93 bits per heavy atom. The van der Waals surface area contributed by atoms with E-state index in [0.29, 0.717) is 17.9 Å². The number of aliphatic hydroxyl groups is 1. The van der Waals surface area contributed by atoms with E-state index in [-0.39, 0.29) is 11.4 Å². The third-order valence-corrected chi connectivity index (χ3v) is 5.43. The van der Waals surface area contributed by atoms with E-state index in [2.05, 4.69) is 0 Å². The van der Waals surface area contributed by atoms with Crippen LogP contribution in [0, 0.1) is 5.41 Å². The molecule has 2 heterocycles. The van der Waals surface area contributed by atoms with Crippen LogP contribution in [0.25, 0.3) is 0 Å². The third kappa shape index (κ3) is 3.49.